The molecule has 1 atom stereocenters. The Hall–Kier alpha value is -3.72. The van der Waals surface area contributed by atoms with Gasteiger partial charge in [0.1, 0.15) is 11.9 Å². The number of halogens is 1. The molecule has 0 fully saturated rings. The van der Waals surface area contributed by atoms with Gasteiger partial charge in [-0.15, -0.1) is 0 Å². The molecular formula is C35H45BrO8. The number of esters is 2. The zero-order chi connectivity index (χ0) is 32.6. The van der Waals surface area contributed by atoms with Crippen LogP contribution in [0.2, 0.25) is 0 Å². The highest BCUT2D eigenvalue weighted by atomic mass is 79.9. The fourth-order valence-corrected chi connectivity index (χ4v) is 4.98. The number of benzene rings is 2. The molecule has 1 unspecified atom stereocenters. The molecule has 2 N–H and O–H groups in total. The average Bonchev–Trinajstić information content (AvgIpc) is 3.01. The normalized spacial score (nSPS) is 13.2. The summed E-state index contributed by atoms with van der Waals surface area (Å²) in [5, 5.41) is 14.8. The summed E-state index contributed by atoms with van der Waals surface area (Å²) in [6.45, 7) is 3.71. The predicted molar refractivity (Wildman–Crippen MR) is 176 cm³/mol. The maximum Gasteiger partial charge on any atom is 0.343 e. The van der Waals surface area contributed by atoms with E-state index in [1.54, 1.807) is 18.2 Å². The highest BCUT2D eigenvalue weighted by molar-refractivity contribution is 9.09. The lowest BCUT2D eigenvalue weighted by molar-refractivity contribution is -0.147. The smallest absolute Gasteiger partial charge is 0.343 e. The van der Waals surface area contributed by atoms with E-state index in [0.29, 0.717) is 24.2 Å². The molecule has 0 bridgehead atoms. The number of carbonyl (C=O) groups excluding carboxylic acids is 2. The van der Waals surface area contributed by atoms with Crippen LogP contribution in [0.3, 0.4) is 0 Å². The Bertz CT molecular complexity index is 1200. The third-order valence-electron chi connectivity index (χ3n) is 6.84. The number of carbonyl (C=O) groups is 4. The second kappa shape index (κ2) is 23.7. The first-order valence-corrected chi connectivity index (χ1v) is 16.2. The van der Waals surface area contributed by atoms with Crippen LogP contribution in [0.4, 0.5) is 0 Å². The van der Waals surface area contributed by atoms with E-state index in [-0.39, 0.29) is 25.0 Å². The monoisotopic (exact) mass is 672 g/mol. The number of ether oxygens (including phenoxy) is 2. The first-order valence-electron chi connectivity index (χ1n) is 15.0. The molecule has 9 heteroatoms. The molecule has 2 aromatic carbocycles. The lowest BCUT2D eigenvalue weighted by atomic mass is 9.98. The van der Waals surface area contributed by atoms with E-state index in [9.17, 15) is 9.59 Å². The molecule has 44 heavy (non-hydrogen) atoms. The molecule has 0 heterocycles. The summed E-state index contributed by atoms with van der Waals surface area (Å²) in [4.78, 5) is 41.5. The van der Waals surface area contributed by atoms with Gasteiger partial charge in [-0.3, -0.25) is 14.4 Å². The maximum absolute atomic E-state index is 12.7. The van der Waals surface area contributed by atoms with E-state index in [1.807, 2.05) is 25.1 Å². The minimum atomic E-state index is -0.404. The Kier molecular flexibility index (Phi) is 20.6. The third kappa shape index (κ3) is 15.7. The van der Waals surface area contributed by atoms with Crippen LogP contribution in [-0.2, 0) is 30.3 Å². The van der Waals surface area contributed by atoms with Crippen molar-refractivity contribution >= 4 is 40.8 Å². The van der Waals surface area contributed by atoms with Gasteiger partial charge in [-0.25, -0.2) is 4.79 Å². The molecule has 2 aromatic rings. The summed E-state index contributed by atoms with van der Waals surface area (Å²) < 4.78 is 11.2. The van der Waals surface area contributed by atoms with Crippen molar-refractivity contribution in [3.63, 3.8) is 0 Å². The fraction of sp³-hybridized carbons (Fsp3) is 0.429. The van der Waals surface area contributed by atoms with Crippen molar-refractivity contribution < 1.29 is 38.9 Å². The number of rotatable bonds is 15. The number of hydrogen-bond donors (Lipinski definition) is 2. The molecule has 1 aliphatic rings. The van der Waals surface area contributed by atoms with Crippen LogP contribution in [-0.4, -0.2) is 46.5 Å². The molecule has 1 aliphatic carbocycles. The number of alkyl halides is 1. The number of unbranched alkanes of at least 4 members (excludes halogenated alkanes) is 6. The quantitative estimate of drug-likeness (QED) is 0.0637. The fourth-order valence-electron chi connectivity index (χ4n) is 4.58. The summed E-state index contributed by atoms with van der Waals surface area (Å²) in [6, 6.07) is 14.5. The van der Waals surface area contributed by atoms with Crippen molar-refractivity contribution in [2.75, 3.05) is 5.33 Å². The first-order chi connectivity index (χ1) is 21.3. The minimum Gasteiger partial charge on any atom is -0.483 e. The van der Waals surface area contributed by atoms with Gasteiger partial charge < -0.3 is 19.7 Å². The van der Waals surface area contributed by atoms with Crippen LogP contribution in [0.1, 0.15) is 82.3 Å². The standard InChI is InChI=1S/C33H41BrO4.2CH2O2/c1-3-4-5-6-9-12-32(35)37-29-19-17-28(18-20-29)33(36)38-30-21-22-31(25(2)24-30)27-15-13-26(14-16-27)11-8-7-10-23-34;2*2-1-3/h13-19,21-22,24,29H,3-12,20,23H2,1-2H3;2*1H,(H,2,3). The Balaban J connectivity index is 0.00000149. The lowest BCUT2D eigenvalue weighted by Crippen LogP contribution is -2.19. The van der Waals surface area contributed by atoms with Crippen LogP contribution in [0, 0.1) is 6.92 Å². The van der Waals surface area contributed by atoms with Crippen LogP contribution in [0.15, 0.2) is 66.3 Å². The molecule has 8 nitrogen and oxygen atoms in total. The van der Waals surface area contributed by atoms with E-state index < -0.39 is 5.97 Å². The lowest BCUT2D eigenvalue weighted by Gasteiger charge is -2.17. The number of aryl methyl sites for hydroxylation is 2. The zero-order valence-electron chi connectivity index (χ0n) is 25.7. The largest absolute Gasteiger partial charge is 0.483 e. The molecule has 0 aromatic heterocycles. The van der Waals surface area contributed by atoms with Crippen LogP contribution >= 0.6 is 15.9 Å². The molecular weight excluding hydrogens is 628 g/mol. The van der Waals surface area contributed by atoms with Gasteiger partial charge >= 0.3 is 11.9 Å². The SMILES string of the molecule is CCCCCCCC(=O)OC1C=CC(C(=O)Oc2ccc(-c3ccc(CCCCCBr)cc3)c(C)c2)=CC1.O=CO.O=CO. The molecule has 0 saturated heterocycles. The number of hydrogen-bond acceptors (Lipinski definition) is 6. The van der Waals surface area contributed by atoms with Gasteiger partial charge in [0.25, 0.3) is 12.9 Å². The van der Waals surface area contributed by atoms with Gasteiger partial charge in [-0.1, -0.05) is 91.4 Å². The van der Waals surface area contributed by atoms with Crippen LogP contribution in [0.25, 0.3) is 11.1 Å². The topological polar surface area (TPSA) is 127 Å². The second-order valence-electron chi connectivity index (χ2n) is 10.2. The van der Waals surface area contributed by atoms with Gasteiger partial charge in [-0.2, -0.15) is 0 Å². The molecule has 240 valence electrons. The first kappa shape index (κ1) is 38.3. The van der Waals surface area contributed by atoms with Crippen molar-refractivity contribution in [2.24, 2.45) is 0 Å². The van der Waals surface area contributed by atoms with E-state index in [1.165, 1.54) is 37.7 Å². The summed E-state index contributed by atoms with van der Waals surface area (Å²) >= 11 is 3.49. The van der Waals surface area contributed by atoms with E-state index >= 15 is 0 Å². The average molecular weight is 674 g/mol. The van der Waals surface area contributed by atoms with Crippen molar-refractivity contribution in [1.82, 2.24) is 0 Å². The van der Waals surface area contributed by atoms with E-state index in [2.05, 4.69) is 47.1 Å². The summed E-state index contributed by atoms with van der Waals surface area (Å²) in [6.07, 6.45) is 16.1. The van der Waals surface area contributed by atoms with Gasteiger partial charge in [0.05, 0.1) is 5.57 Å². The van der Waals surface area contributed by atoms with Crippen molar-refractivity contribution in [3.05, 3.63) is 77.4 Å². The Morgan fingerprint density at radius 2 is 1.59 bits per heavy atom. The highest BCUT2D eigenvalue weighted by Crippen LogP contribution is 2.28. The molecule has 0 spiro atoms. The zero-order valence-corrected chi connectivity index (χ0v) is 27.3. The Morgan fingerprint density at radius 3 is 2.18 bits per heavy atom. The Labute approximate surface area is 269 Å². The third-order valence-corrected chi connectivity index (χ3v) is 7.40. The maximum atomic E-state index is 12.7. The van der Waals surface area contributed by atoms with Gasteiger partial charge in [-0.05, 0) is 79.1 Å². The predicted octanol–water partition coefficient (Wildman–Crippen LogP) is 8.24. The number of carboxylic acid groups (broad SMARTS) is 2. The van der Waals surface area contributed by atoms with Crippen LogP contribution in [0.5, 0.6) is 5.75 Å². The van der Waals surface area contributed by atoms with Gasteiger partial charge in [0.2, 0.25) is 0 Å². The second-order valence-corrected chi connectivity index (χ2v) is 11.0. The van der Waals surface area contributed by atoms with E-state index in [0.717, 1.165) is 47.7 Å². The molecule has 0 amide bonds. The molecule has 0 aliphatic heterocycles. The molecule has 0 radical (unpaired) electrons. The highest BCUT2D eigenvalue weighted by Gasteiger charge is 2.18. The van der Waals surface area contributed by atoms with E-state index in [4.69, 9.17) is 29.3 Å². The van der Waals surface area contributed by atoms with Crippen LogP contribution < -0.4 is 4.74 Å². The van der Waals surface area contributed by atoms with Crippen molar-refractivity contribution in [3.8, 4) is 16.9 Å². The van der Waals surface area contributed by atoms with Gasteiger partial charge in [0.15, 0.2) is 0 Å². The molecule has 3 rings (SSSR count). The summed E-state index contributed by atoms with van der Waals surface area (Å²) in [5.41, 5.74) is 5.17. The minimum absolute atomic E-state index is 0.175. The Morgan fingerprint density at radius 1 is 0.932 bits per heavy atom. The summed E-state index contributed by atoms with van der Waals surface area (Å²) in [5.74, 6) is -0.0602. The van der Waals surface area contributed by atoms with Gasteiger partial charge in [0, 0.05) is 18.2 Å². The van der Waals surface area contributed by atoms with Crippen molar-refractivity contribution in [2.45, 2.75) is 90.6 Å². The molecule has 0 saturated carbocycles. The van der Waals surface area contributed by atoms with Crippen molar-refractivity contribution in [1.29, 1.82) is 0 Å². The summed E-state index contributed by atoms with van der Waals surface area (Å²) in [7, 11) is 0.